The number of benzene rings is 1. The van der Waals surface area contributed by atoms with Gasteiger partial charge in [-0.2, -0.15) is 5.10 Å². The van der Waals surface area contributed by atoms with Crippen molar-refractivity contribution < 1.29 is 9.13 Å². The van der Waals surface area contributed by atoms with Crippen LogP contribution in [0.1, 0.15) is 31.7 Å². The second-order valence-corrected chi connectivity index (χ2v) is 5.42. The summed E-state index contributed by atoms with van der Waals surface area (Å²) in [6.45, 7) is 3.54. The third-order valence-corrected chi connectivity index (χ3v) is 3.49. The van der Waals surface area contributed by atoms with Gasteiger partial charge in [-0.15, -0.1) is 0 Å². The van der Waals surface area contributed by atoms with E-state index in [1.807, 2.05) is 6.07 Å². The third kappa shape index (κ3) is 3.61. The molecule has 1 aromatic heterocycles. The summed E-state index contributed by atoms with van der Waals surface area (Å²) in [4.78, 5) is 0. The van der Waals surface area contributed by atoms with E-state index in [4.69, 9.17) is 4.74 Å². The number of nitrogens with one attached hydrogen (secondary N) is 1. The molecule has 1 aliphatic carbocycles. The lowest BCUT2D eigenvalue weighted by atomic mass is 10.2. The fourth-order valence-corrected chi connectivity index (χ4v) is 2.22. The molecule has 21 heavy (non-hydrogen) atoms. The minimum absolute atomic E-state index is 0.293. The Morgan fingerprint density at radius 2 is 2.29 bits per heavy atom. The highest BCUT2D eigenvalue weighted by atomic mass is 19.1. The Balaban J connectivity index is 1.75. The number of hydrogen-bond donors (Lipinski definition) is 1. The predicted molar refractivity (Wildman–Crippen MR) is 78.9 cm³/mol. The first-order chi connectivity index (χ1) is 10.3. The molecule has 0 aliphatic heterocycles. The van der Waals surface area contributed by atoms with Crippen LogP contribution in [0.2, 0.25) is 0 Å². The smallest absolute Gasteiger partial charge is 0.167 e. The zero-order valence-electron chi connectivity index (χ0n) is 12.2. The quantitative estimate of drug-likeness (QED) is 0.848. The van der Waals surface area contributed by atoms with Gasteiger partial charge < -0.3 is 10.1 Å². The predicted octanol–water partition coefficient (Wildman–Crippen LogP) is 3.48. The zero-order chi connectivity index (χ0) is 14.7. The molecule has 1 heterocycles. The largest absolute Gasteiger partial charge is 0.451 e. The third-order valence-electron chi connectivity index (χ3n) is 3.49. The number of aromatic nitrogens is 2. The Morgan fingerprint density at radius 3 is 3.05 bits per heavy atom. The molecule has 112 valence electrons. The summed E-state index contributed by atoms with van der Waals surface area (Å²) < 4.78 is 21.6. The zero-order valence-corrected chi connectivity index (χ0v) is 12.2. The van der Waals surface area contributed by atoms with Gasteiger partial charge in [0, 0.05) is 24.7 Å². The first kappa shape index (κ1) is 14.1. The summed E-state index contributed by atoms with van der Waals surface area (Å²) in [5, 5.41) is 7.58. The van der Waals surface area contributed by atoms with Gasteiger partial charge in [-0.05, 0) is 25.3 Å². The lowest BCUT2D eigenvalue weighted by Crippen LogP contribution is -2.16. The highest BCUT2D eigenvalue weighted by molar-refractivity contribution is 5.38. The highest BCUT2D eigenvalue weighted by Crippen LogP contribution is 2.29. The van der Waals surface area contributed by atoms with Gasteiger partial charge in [0.2, 0.25) is 0 Å². The molecule has 4 nitrogen and oxygen atoms in total. The summed E-state index contributed by atoms with van der Waals surface area (Å²) in [7, 11) is 0. The Morgan fingerprint density at radius 1 is 1.43 bits per heavy atom. The molecular formula is C16H20FN3O. The lowest BCUT2D eigenvalue weighted by Gasteiger charge is -2.11. The van der Waals surface area contributed by atoms with E-state index in [0.29, 0.717) is 24.1 Å². The van der Waals surface area contributed by atoms with E-state index < -0.39 is 0 Å². The molecule has 0 unspecified atom stereocenters. The molecule has 2 aromatic rings. The molecule has 0 radical (unpaired) electrons. The topological polar surface area (TPSA) is 39.1 Å². The fraction of sp³-hybridized carbons (Fsp3) is 0.438. The van der Waals surface area contributed by atoms with Crippen LogP contribution in [-0.2, 0) is 13.1 Å². The molecule has 0 saturated heterocycles. The standard InChI is InChI=1S/C16H20FN3O/c1-2-8-20-11-14(10-19-20)21-16-12(4-3-5-15(16)17)9-18-13-6-7-13/h3-5,10-11,13,18H,2,6-9H2,1H3. The van der Waals surface area contributed by atoms with Crippen molar-refractivity contribution >= 4 is 0 Å². The molecule has 0 atom stereocenters. The van der Waals surface area contributed by atoms with Crippen LogP contribution in [0.15, 0.2) is 30.6 Å². The number of para-hydroxylation sites is 1. The summed E-state index contributed by atoms with van der Waals surface area (Å²) in [6.07, 6.45) is 6.83. The number of ether oxygens (including phenoxy) is 1. The van der Waals surface area contributed by atoms with Crippen LogP contribution in [0.25, 0.3) is 0 Å². The fourth-order valence-electron chi connectivity index (χ4n) is 2.22. The maximum Gasteiger partial charge on any atom is 0.167 e. The van der Waals surface area contributed by atoms with Crippen LogP contribution < -0.4 is 10.1 Å². The summed E-state index contributed by atoms with van der Waals surface area (Å²) in [6, 6.07) is 5.61. The molecule has 5 heteroatoms. The Bertz CT molecular complexity index is 607. The number of halogens is 1. The summed E-state index contributed by atoms with van der Waals surface area (Å²) >= 11 is 0. The summed E-state index contributed by atoms with van der Waals surface area (Å²) in [5.41, 5.74) is 0.838. The van der Waals surface area contributed by atoms with Gasteiger partial charge in [0.05, 0.1) is 12.4 Å². The van der Waals surface area contributed by atoms with Crippen molar-refractivity contribution in [3.8, 4) is 11.5 Å². The first-order valence-electron chi connectivity index (χ1n) is 7.47. The molecule has 1 N–H and O–H groups in total. The van der Waals surface area contributed by atoms with Crippen LogP contribution >= 0.6 is 0 Å². The number of hydrogen-bond acceptors (Lipinski definition) is 3. The molecule has 1 aliphatic rings. The normalized spacial score (nSPS) is 14.4. The Labute approximate surface area is 123 Å². The average Bonchev–Trinajstić information content (AvgIpc) is 3.20. The van der Waals surface area contributed by atoms with Crippen LogP contribution in [0.3, 0.4) is 0 Å². The van der Waals surface area contributed by atoms with Crippen LogP contribution in [0.4, 0.5) is 4.39 Å². The lowest BCUT2D eigenvalue weighted by molar-refractivity contribution is 0.432. The number of aryl methyl sites for hydroxylation is 1. The van der Waals surface area contributed by atoms with Gasteiger partial charge >= 0.3 is 0 Å². The molecule has 1 aromatic carbocycles. The van der Waals surface area contributed by atoms with Crippen molar-refractivity contribution in [3.63, 3.8) is 0 Å². The highest BCUT2D eigenvalue weighted by Gasteiger charge is 2.21. The average molecular weight is 289 g/mol. The summed E-state index contributed by atoms with van der Waals surface area (Å²) in [5.74, 6) is 0.524. The van der Waals surface area contributed by atoms with E-state index in [-0.39, 0.29) is 5.82 Å². The molecule has 0 bridgehead atoms. The van der Waals surface area contributed by atoms with Crippen molar-refractivity contribution in [2.45, 2.75) is 45.3 Å². The van der Waals surface area contributed by atoms with Crippen molar-refractivity contribution in [1.29, 1.82) is 0 Å². The van der Waals surface area contributed by atoms with Gasteiger partial charge in [0.25, 0.3) is 0 Å². The van der Waals surface area contributed by atoms with E-state index in [9.17, 15) is 4.39 Å². The van der Waals surface area contributed by atoms with Crippen LogP contribution in [-0.4, -0.2) is 15.8 Å². The maximum atomic E-state index is 14.1. The number of rotatable bonds is 7. The number of nitrogens with zero attached hydrogens (tertiary/aromatic N) is 2. The van der Waals surface area contributed by atoms with E-state index in [1.54, 1.807) is 23.1 Å². The van der Waals surface area contributed by atoms with Crippen molar-refractivity contribution in [3.05, 3.63) is 42.0 Å². The van der Waals surface area contributed by atoms with E-state index in [1.165, 1.54) is 18.9 Å². The van der Waals surface area contributed by atoms with Crippen molar-refractivity contribution in [1.82, 2.24) is 15.1 Å². The van der Waals surface area contributed by atoms with E-state index in [0.717, 1.165) is 18.5 Å². The van der Waals surface area contributed by atoms with Gasteiger partial charge in [0.15, 0.2) is 17.3 Å². The first-order valence-corrected chi connectivity index (χ1v) is 7.47. The Kier molecular flexibility index (Phi) is 4.20. The van der Waals surface area contributed by atoms with Crippen molar-refractivity contribution in [2.24, 2.45) is 0 Å². The Hall–Kier alpha value is -1.88. The van der Waals surface area contributed by atoms with E-state index in [2.05, 4.69) is 17.3 Å². The van der Waals surface area contributed by atoms with Crippen LogP contribution in [0, 0.1) is 5.82 Å². The molecular weight excluding hydrogens is 269 g/mol. The van der Waals surface area contributed by atoms with Crippen molar-refractivity contribution in [2.75, 3.05) is 0 Å². The van der Waals surface area contributed by atoms with Gasteiger partial charge in [0.1, 0.15) is 0 Å². The monoisotopic (exact) mass is 289 g/mol. The second kappa shape index (κ2) is 6.26. The SMILES string of the molecule is CCCn1cc(Oc2c(F)cccc2CNC2CC2)cn1. The molecule has 0 spiro atoms. The molecule has 1 fully saturated rings. The van der Waals surface area contributed by atoms with Gasteiger partial charge in [-0.1, -0.05) is 19.1 Å². The minimum Gasteiger partial charge on any atom is -0.451 e. The molecule has 0 amide bonds. The second-order valence-electron chi connectivity index (χ2n) is 5.42. The molecule has 1 saturated carbocycles. The minimum atomic E-state index is -0.340. The van der Waals surface area contributed by atoms with Gasteiger partial charge in [-0.3, -0.25) is 4.68 Å². The van der Waals surface area contributed by atoms with E-state index >= 15 is 0 Å². The van der Waals surface area contributed by atoms with Crippen LogP contribution in [0.5, 0.6) is 11.5 Å². The van der Waals surface area contributed by atoms with Gasteiger partial charge in [-0.25, -0.2) is 4.39 Å². The maximum absolute atomic E-state index is 14.1. The molecule has 3 rings (SSSR count).